The van der Waals surface area contributed by atoms with Gasteiger partial charge in [0.05, 0.1) is 6.33 Å². The average Bonchev–Trinajstić information content (AvgIpc) is 2.49. The van der Waals surface area contributed by atoms with Gasteiger partial charge in [-0.3, -0.25) is 0 Å². The van der Waals surface area contributed by atoms with Gasteiger partial charge in [0.25, 0.3) is 0 Å². The second-order valence-electron chi connectivity index (χ2n) is 4.08. The first kappa shape index (κ1) is 7.84. The summed E-state index contributed by atoms with van der Waals surface area (Å²) >= 11 is 0. The van der Waals surface area contributed by atoms with Crippen LogP contribution in [0.15, 0.2) is 12.5 Å². The van der Waals surface area contributed by atoms with E-state index in [1.165, 1.54) is 18.5 Å². The highest BCUT2D eigenvalue weighted by Gasteiger charge is 2.20. The van der Waals surface area contributed by atoms with E-state index < -0.39 is 0 Å². The van der Waals surface area contributed by atoms with E-state index in [0.717, 1.165) is 18.4 Å². The number of nitrogens with zero attached hydrogens (tertiary/aromatic N) is 2. The lowest BCUT2D eigenvalue weighted by atomic mass is 9.86. The van der Waals surface area contributed by atoms with Crippen molar-refractivity contribution in [2.24, 2.45) is 11.8 Å². The molecule has 0 N–H and O–H groups in total. The van der Waals surface area contributed by atoms with Crippen LogP contribution in [0.5, 0.6) is 0 Å². The lowest BCUT2D eigenvalue weighted by molar-refractivity contribution is 0.303. The molecule has 0 bridgehead atoms. The zero-order chi connectivity index (χ0) is 8.55. The molecule has 0 aromatic carbocycles. The van der Waals surface area contributed by atoms with Crippen molar-refractivity contribution in [3.63, 3.8) is 0 Å². The fourth-order valence-corrected chi connectivity index (χ4v) is 1.96. The van der Waals surface area contributed by atoms with E-state index >= 15 is 0 Å². The van der Waals surface area contributed by atoms with Crippen molar-refractivity contribution in [3.05, 3.63) is 18.2 Å². The van der Waals surface area contributed by atoms with Gasteiger partial charge in [-0.25, -0.2) is 4.98 Å². The van der Waals surface area contributed by atoms with E-state index in [2.05, 4.69) is 23.4 Å². The van der Waals surface area contributed by atoms with Crippen LogP contribution in [0.3, 0.4) is 0 Å². The van der Waals surface area contributed by atoms with Crippen molar-refractivity contribution in [1.29, 1.82) is 0 Å². The SMILES string of the molecule is CC(C)C1CCn2cncc2C1. The number of rotatable bonds is 1. The number of hydrogen-bond acceptors (Lipinski definition) is 1. The third-order valence-electron chi connectivity index (χ3n) is 2.95. The number of imidazole rings is 1. The number of hydrogen-bond donors (Lipinski definition) is 0. The van der Waals surface area contributed by atoms with Gasteiger partial charge in [-0.2, -0.15) is 0 Å². The zero-order valence-electron chi connectivity index (χ0n) is 7.83. The van der Waals surface area contributed by atoms with Gasteiger partial charge in [0, 0.05) is 18.4 Å². The molecular formula is C10H16N2. The Morgan fingerprint density at radius 3 is 3.17 bits per heavy atom. The fraction of sp³-hybridized carbons (Fsp3) is 0.700. The van der Waals surface area contributed by atoms with Crippen LogP contribution in [0.1, 0.15) is 26.0 Å². The Morgan fingerprint density at radius 2 is 2.42 bits per heavy atom. The van der Waals surface area contributed by atoms with Gasteiger partial charge >= 0.3 is 0 Å². The summed E-state index contributed by atoms with van der Waals surface area (Å²) in [6.07, 6.45) is 6.50. The minimum Gasteiger partial charge on any atom is -0.335 e. The molecule has 0 saturated heterocycles. The van der Waals surface area contributed by atoms with Gasteiger partial charge in [0.2, 0.25) is 0 Å². The first-order chi connectivity index (χ1) is 5.77. The van der Waals surface area contributed by atoms with Crippen molar-refractivity contribution >= 4 is 0 Å². The van der Waals surface area contributed by atoms with Gasteiger partial charge < -0.3 is 4.57 Å². The van der Waals surface area contributed by atoms with Gasteiger partial charge in [-0.1, -0.05) is 13.8 Å². The summed E-state index contributed by atoms with van der Waals surface area (Å²) in [5.74, 6) is 1.68. The first-order valence-electron chi connectivity index (χ1n) is 4.76. The predicted octanol–water partition coefficient (Wildman–Crippen LogP) is 2.10. The molecule has 1 aliphatic rings. The normalized spacial score (nSPS) is 22.8. The summed E-state index contributed by atoms with van der Waals surface area (Å²) in [6.45, 7) is 5.80. The maximum absolute atomic E-state index is 4.16. The highest BCUT2D eigenvalue weighted by atomic mass is 15.0. The third-order valence-corrected chi connectivity index (χ3v) is 2.95. The van der Waals surface area contributed by atoms with Gasteiger partial charge in [-0.05, 0) is 24.7 Å². The summed E-state index contributed by atoms with van der Waals surface area (Å²) in [5, 5.41) is 0. The number of aromatic nitrogens is 2. The van der Waals surface area contributed by atoms with E-state index in [-0.39, 0.29) is 0 Å². The Hall–Kier alpha value is -0.790. The predicted molar refractivity (Wildman–Crippen MR) is 48.9 cm³/mol. The molecule has 1 aliphatic heterocycles. The molecule has 0 radical (unpaired) electrons. The van der Waals surface area contributed by atoms with Crippen LogP contribution < -0.4 is 0 Å². The van der Waals surface area contributed by atoms with Crippen molar-refractivity contribution in [3.8, 4) is 0 Å². The maximum Gasteiger partial charge on any atom is 0.0948 e. The third kappa shape index (κ3) is 1.26. The summed E-state index contributed by atoms with van der Waals surface area (Å²) < 4.78 is 2.28. The molecule has 2 nitrogen and oxygen atoms in total. The standard InChI is InChI=1S/C10H16N2/c1-8(2)9-3-4-12-7-11-6-10(12)5-9/h6-9H,3-5H2,1-2H3. The molecule has 0 aliphatic carbocycles. The topological polar surface area (TPSA) is 17.8 Å². The van der Waals surface area contributed by atoms with Crippen LogP contribution in [0.4, 0.5) is 0 Å². The van der Waals surface area contributed by atoms with E-state index in [0.29, 0.717) is 0 Å². The van der Waals surface area contributed by atoms with E-state index in [1.54, 1.807) is 0 Å². The summed E-state index contributed by atoms with van der Waals surface area (Å²) in [5.41, 5.74) is 1.42. The Morgan fingerprint density at radius 1 is 1.58 bits per heavy atom. The molecule has 0 amide bonds. The second-order valence-corrected chi connectivity index (χ2v) is 4.08. The molecular weight excluding hydrogens is 148 g/mol. The monoisotopic (exact) mass is 164 g/mol. The molecule has 2 rings (SSSR count). The molecule has 1 aromatic heterocycles. The number of fused-ring (bicyclic) bond motifs is 1. The summed E-state index contributed by atoms with van der Waals surface area (Å²) in [7, 11) is 0. The van der Waals surface area contributed by atoms with Crippen LogP contribution in [0.25, 0.3) is 0 Å². The summed E-state index contributed by atoms with van der Waals surface area (Å²) in [4.78, 5) is 4.16. The van der Waals surface area contributed by atoms with Crippen LogP contribution >= 0.6 is 0 Å². The highest BCUT2D eigenvalue weighted by molar-refractivity contribution is 5.02. The van der Waals surface area contributed by atoms with Crippen LogP contribution in [-0.2, 0) is 13.0 Å². The van der Waals surface area contributed by atoms with Gasteiger partial charge in [-0.15, -0.1) is 0 Å². The van der Waals surface area contributed by atoms with Gasteiger partial charge in [0.15, 0.2) is 0 Å². The molecule has 1 unspecified atom stereocenters. The van der Waals surface area contributed by atoms with Gasteiger partial charge in [0.1, 0.15) is 0 Å². The lowest BCUT2D eigenvalue weighted by Gasteiger charge is -2.26. The molecule has 0 saturated carbocycles. The Balaban J connectivity index is 2.15. The molecule has 1 aromatic rings. The largest absolute Gasteiger partial charge is 0.335 e. The molecule has 2 heterocycles. The molecule has 2 heteroatoms. The van der Waals surface area contributed by atoms with E-state index in [4.69, 9.17) is 0 Å². The van der Waals surface area contributed by atoms with Crippen molar-refractivity contribution in [2.45, 2.75) is 33.2 Å². The van der Waals surface area contributed by atoms with Crippen molar-refractivity contribution in [2.75, 3.05) is 0 Å². The second kappa shape index (κ2) is 2.92. The molecule has 1 atom stereocenters. The summed E-state index contributed by atoms with van der Waals surface area (Å²) in [6, 6.07) is 0. The van der Waals surface area contributed by atoms with Crippen LogP contribution in [0, 0.1) is 11.8 Å². The molecule has 66 valence electrons. The highest BCUT2D eigenvalue weighted by Crippen LogP contribution is 2.25. The fourth-order valence-electron chi connectivity index (χ4n) is 1.96. The smallest absolute Gasteiger partial charge is 0.0948 e. The molecule has 12 heavy (non-hydrogen) atoms. The molecule has 0 spiro atoms. The Kier molecular flexibility index (Phi) is 1.91. The average molecular weight is 164 g/mol. The Labute approximate surface area is 73.6 Å². The Bertz CT molecular complexity index is 263. The minimum atomic E-state index is 0.814. The lowest BCUT2D eigenvalue weighted by Crippen LogP contribution is -2.22. The zero-order valence-corrected chi connectivity index (χ0v) is 7.83. The van der Waals surface area contributed by atoms with E-state index in [9.17, 15) is 0 Å². The minimum absolute atomic E-state index is 0.814. The maximum atomic E-state index is 4.16. The van der Waals surface area contributed by atoms with Crippen molar-refractivity contribution in [1.82, 2.24) is 9.55 Å². The quantitative estimate of drug-likeness (QED) is 0.621. The van der Waals surface area contributed by atoms with Crippen molar-refractivity contribution < 1.29 is 0 Å². The van der Waals surface area contributed by atoms with E-state index in [1.807, 2.05) is 12.5 Å². The molecule has 0 fully saturated rings. The number of aryl methyl sites for hydroxylation is 1. The first-order valence-corrected chi connectivity index (χ1v) is 4.76. The van der Waals surface area contributed by atoms with Crippen LogP contribution in [0.2, 0.25) is 0 Å². The van der Waals surface area contributed by atoms with Crippen LogP contribution in [-0.4, -0.2) is 9.55 Å².